The molecule has 0 N–H and O–H groups in total. The molecule has 0 radical (unpaired) electrons. The van der Waals surface area contributed by atoms with Crippen LogP contribution >= 0.6 is 0 Å². The minimum absolute atomic E-state index is 0.101. The molecule has 1 aliphatic heterocycles. The van der Waals surface area contributed by atoms with Crippen LogP contribution in [0.4, 0.5) is 23.1 Å². The van der Waals surface area contributed by atoms with Crippen molar-refractivity contribution in [1.82, 2.24) is 19.9 Å². The lowest BCUT2D eigenvalue weighted by Gasteiger charge is -2.35. The standard InChI is InChI=1S/C23H27N7O2/c1-27-14-11-19(12-15-27)28(2)22-21(30(31)32)23(26-17-25-22)29(20-10-6-7-13-24-20)16-18-8-4-3-5-9-18/h3-10,13,17,19H,11-12,14-16H2,1-2H3. The maximum absolute atomic E-state index is 12.3. The van der Waals surface area contributed by atoms with Crippen LogP contribution in [0.5, 0.6) is 0 Å². The van der Waals surface area contributed by atoms with Crippen LogP contribution < -0.4 is 9.80 Å². The molecule has 0 aliphatic carbocycles. The first-order chi connectivity index (χ1) is 15.5. The zero-order valence-electron chi connectivity index (χ0n) is 18.3. The first-order valence-electron chi connectivity index (χ1n) is 10.7. The number of nitro groups is 1. The van der Waals surface area contributed by atoms with E-state index in [9.17, 15) is 10.1 Å². The predicted molar refractivity (Wildman–Crippen MR) is 124 cm³/mol. The second-order valence-corrected chi connectivity index (χ2v) is 8.03. The summed E-state index contributed by atoms with van der Waals surface area (Å²) in [6.45, 7) is 2.30. The molecular formula is C23H27N7O2. The number of aromatic nitrogens is 3. The van der Waals surface area contributed by atoms with Crippen LogP contribution in [-0.4, -0.2) is 58.0 Å². The third-order valence-corrected chi connectivity index (χ3v) is 5.90. The van der Waals surface area contributed by atoms with E-state index in [1.165, 1.54) is 6.33 Å². The molecule has 32 heavy (non-hydrogen) atoms. The zero-order valence-corrected chi connectivity index (χ0v) is 18.3. The molecule has 0 spiro atoms. The normalized spacial score (nSPS) is 14.8. The van der Waals surface area contributed by atoms with Crippen LogP contribution in [0, 0.1) is 10.1 Å². The Hall–Kier alpha value is -3.59. The Morgan fingerprint density at radius 2 is 1.72 bits per heavy atom. The third kappa shape index (κ3) is 4.67. The van der Waals surface area contributed by atoms with E-state index in [-0.39, 0.29) is 22.5 Å². The van der Waals surface area contributed by atoms with Crippen LogP contribution in [-0.2, 0) is 6.54 Å². The van der Waals surface area contributed by atoms with Gasteiger partial charge in [-0.05, 0) is 50.7 Å². The van der Waals surface area contributed by atoms with Gasteiger partial charge in [-0.15, -0.1) is 0 Å². The van der Waals surface area contributed by atoms with Crippen LogP contribution in [0.1, 0.15) is 18.4 Å². The van der Waals surface area contributed by atoms with E-state index in [0.29, 0.717) is 18.2 Å². The fourth-order valence-corrected chi connectivity index (χ4v) is 4.08. The summed E-state index contributed by atoms with van der Waals surface area (Å²) in [4.78, 5) is 31.1. The van der Waals surface area contributed by atoms with E-state index in [1.807, 2.05) is 60.5 Å². The maximum atomic E-state index is 12.3. The fourth-order valence-electron chi connectivity index (χ4n) is 4.08. The van der Waals surface area contributed by atoms with Crippen molar-refractivity contribution in [1.29, 1.82) is 0 Å². The van der Waals surface area contributed by atoms with Gasteiger partial charge in [0.15, 0.2) is 0 Å². The molecule has 4 rings (SSSR count). The number of nitrogens with zero attached hydrogens (tertiary/aromatic N) is 7. The summed E-state index contributed by atoms with van der Waals surface area (Å²) in [5.41, 5.74) is 0.895. The quantitative estimate of drug-likeness (QED) is 0.412. The Labute approximate surface area is 187 Å². The topological polar surface area (TPSA) is 91.5 Å². The van der Waals surface area contributed by atoms with Crippen molar-refractivity contribution in [3.63, 3.8) is 0 Å². The molecule has 3 heterocycles. The van der Waals surface area contributed by atoms with Crippen LogP contribution in [0.25, 0.3) is 0 Å². The van der Waals surface area contributed by atoms with Crippen LogP contribution in [0.15, 0.2) is 61.1 Å². The molecular weight excluding hydrogens is 406 g/mol. The van der Waals surface area contributed by atoms with Crippen LogP contribution in [0.2, 0.25) is 0 Å². The summed E-state index contributed by atoms with van der Waals surface area (Å²) >= 11 is 0. The predicted octanol–water partition coefficient (Wildman–Crippen LogP) is 3.65. The summed E-state index contributed by atoms with van der Waals surface area (Å²) in [6, 6.07) is 15.5. The summed E-state index contributed by atoms with van der Waals surface area (Å²) in [7, 11) is 3.98. The minimum Gasteiger partial charge on any atom is -0.351 e. The van der Waals surface area contributed by atoms with Crippen molar-refractivity contribution < 1.29 is 4.92 Å². The van der Waals surface area contributed by atoms with Crippen molar-refractivity contribution in [3.8, 4) is 0 Å². The number of pyridine rings is 1. The average molecular weight is 434 g/mol. The molecule has 3 aromatic rings. The van der Waals surface area contributed by atoms with Gasteiger partial charge in [0.2, 0.25) is 11.6 Å². The van der Waals surface area contributed by atoms with Gasteiger partial charge >= 0.3 is 5.69 Å². The number of piperidine rings is 1. The van der Waals surface area contributed by atoms with E-state index < -0.39 is 0 Å². The summed E-state index contributed by atoms with van der Waals surface area (Å²) in [5, 5.41) is 12.3. The second-order valence-electron chi connectivity index (χ2n) is 8.03. The van der Waals surface area contributed by atoms with Gasteiger partial charge < -0.3 is 14.7 Å². The smallest absolute Gasteiger partial charge is 0.351 e. The third-order valence-electron chi connectivity index (χ3n) is 5.90. The molecule has 0 saturated carbocycles. The molecule has 1 aromatic carbocycles. The van der Waals surface area contributed by atoms with E-state index in [2.05, 4.69) is 26.9 Å². The molecule has 0 bridgehead atoms. The van der Waals surface area contributed by atoms with Crippen LogP contribution in [0.3, 0.4) is 0 Å². The number of benzene rings is 1. The molecule has 166 valence electrons. The van der Waals surface area contributed by atoms with Crippen molar-refractivity contribution in [2.75, 3.05) is 37.0 Å². The highest BCUT2D eigenvalue weighted by Crippen LogP contribution is 2.38. The molecule has 9 heteroatoms. The molecule has 0 unspecified atom stereocenters. The highest BCUT2D eigenvalue weighted by molar-refractivity contribution is 5.75. The first-order valence-corrected chi connectivity index (χ1v) is 10.7. The molecule has 0 atom stereocenters. The van der Waals surface area contributed by atoms with Gasteiger partial charge in [0.25, 0.3) is 0 Å². The lowest BCUT2D eigenvalue weighted by molar-refractivity contribution is -0.383. The van der Waals surface area contributed by atoms with E-state index in [4.69, 9.17) is 0 Å². The Balaban J connectivity index is 1.77. The molecule has 2 aromatic heterocycles. The van der Waals surface area contributed by atoms with Gasteiger partial charge in [-0.25, -0.2) is 15.0 Å². The number of hydrogen-bond acceptors (Lipinski definition) is 8. The maximum Gasteiger partial charge on any atom is 0.354 e. The van der Waals surface area contributed by atoms with Gasteiger partial charge in [-0.3, -0.25) is 10.1 Å². The van der Waals surface area contributed by atoms with E-state index in [0.717, 1.165) is 31.5 Å². The van der Waals surface area contributed by atoms with Gasteiger partial charge in [0, 0.05) is 19.3 Å². The minimum atomic E-state index is -0.378. The Morgan fingerprint density at radius 3 is 2.38 bits per heavy atom. The molecule has 1 fully saturated rings. The Morgan fingerprint density at radius 1 is 1.03 bits per heavy atom. The molecule has 1 saturated heterocycles. The molecule has 0 amide bonds. The number of likely N-dealkylation sites (tertiary alicyclic amines) is 1. The second kappa shape index (κ2) is 9.69. The van der Waals surface area contributed by atoms with Crippen molar-refractivity contribution in [3.05, 3.63) is 76.7 Å². The Bertz CT molecular complexity index is 1040. The highest BCUT2D eigenvalue weighted by Gasteiger charge is 2.33. The Kier molecular flexibility index (Phi) is 6.55. The van der Waals surface area contributed by atoms with Gasteiger partial charge in [-0.2, -0.15) is 0 Å². The van der Waals surface area contributed by atoms with Gasteiger partial charge in [0.1, 0.15) is 12.1 Å². The summed E-state index contributed by atoms with van der Waals surface area (Å²) in [6.07, 6.45) is 4.94. The summed E-state index contributed by atoms with van der Waals surface area (Å²) in [5.74, 6) is 1.16. The molecule has 1 aliphatic rings. The summed E-state index contributed by atoms with van der Waals surface area (Å²) < 4.78 is 0. The zero-order chi connectivity index (χ0) is 22.5. The highest BCUT2D eigenvalue weighted by atomic mass is 16.6. The van der Waals surface area contributed by atoms with Crippen molar-refractivity contribution in [2.45, 2.75) is 25.4 Å². The van der Waals surface area contributed by atoms with E-state index in [1.54, 1.807) is 11.1 Å². The molecule has 9 nitrogen and oxygen atoms in total. The van der Waals surface area contributed by atoms with Crippen molar-refractivity contribution >= 4 is 23.1 Å². The van der Waals surface area contributed by atoms with Gasteiger partial charge in [0.05, 0.1) is 11.5 Å². The van der Waals surface area contributed by atoms with E-state index >= 15 is 0 Å². The van der Waals surface area contributed by atoms with Gasteiger partial charge in [-0.1, -0.05) is 36.4 Å². The van der Waals surface area contributed by atoms with Crippen molar-refractivity contribution in [2.24, 2.45) is 0 Å². The fraction of sp³-hybridized carbons (Fsp3) is 0.348. The SMILES string of the molecule is CN1CCC(N(C)c2ncnc(N(Cc3ccccc3)c3ccccn3)c2[N+](=O)[O-])CC1. The largest absolute Gasteiger partial charge is 0.354 e. The lowest BCUT2D eigenvalue weighted by atomic mass is 10.0. The lowest BCUT2D eigenvalue weighted by Crippen LogP contribution is -2.42. The number of rotatable bonds is 7. The first kappa shape index (κ1) is 21.6. The average Bonchev–Trinajstić information content (AvgIpc) is 2.83. The number of hydrogen-bond donors (Lipinski definition) is 0. The monoisotopic (exact) mass is 433 g/mol. The number of anilines is 3.